The summed E-state index contributed by atoms with van der Waals surface area (Å²) in [4.78, 5) is 21.9. The Morgan fingerprint density at radius 2 is 2.08 bits per heavy atom. The normalized spacial score (nSPS) is 10.6. The number of hydrogen-bond donors (Lipinski definition) is 1. The number of nitrogens with one attached hydrogen (secondary N) is 1. The van der Waals surface area contributed by atoms with Crippen molar-refractivity contribution in [2.24, 2.45) is 0 Å². The van der Waals surface area contributed by atoms with Gasteiger partial charge in [-0.3, -0.25) is 4.79 Å². The van der Waals surface area contributed by atoms with Crippen LogP contribution in [0.1, 0.15) is 32.0 Å². The van der Waals surface area contributed by atoms with Gasteiger partial charge in [0, 0.05) is 10.9 Å². The molecule has 0 saturated carbocycles. The molecule has 1 aromatic carbocycles. The van der Waals surface area contributed by atoms with Crippen LogP contribution < -0.4 is 14.8 Å². The van der Waals surface area contributed by atoms with Crippen molar-refractivity contribution in [3.05, 3.63) is 57.7 Å². The molecule has 2 heterocycles. The minimum absolute atomic E-state index is 0.116. The predicted octanol–water partition coefficient (Wildman–Crippen LogP) is 3.27. The smallest absolute Gasteiger partial charge is 0.273 e. The second kappa shape index (κ2) is 8.01. The van der Waals surface area contributed by atoms with Crippen molar-refractivity contribution in [3.8, 4) is 11.5 Å². The highest BCUT2D eigenvalue weighted by atomic mass is 32.1. The Kier molecular flexibility index (Phi) is 5.52. The van der Waals surface area contributed by atoms with Gasteiger partial charge in [-0.25, -0.2) is 9.97 Å². The van der Waals surface area contributed by atoms with E-state index < -0.39 is 0 Å². The van der Waals surface area contributed by atoms with Gasteiger partial charge >= 0.3 is 0 Å². The zero-order chi connectivity index (χ0) is 18.5. The number of aryl methyl sites for hydroxylation is 2. The lowest BCUT2D eigenvalue weighted by Gasteiger charge is -2.05. The summed E-state index contributed by atoms with van der Waals surface area (Å²) in [5.41, 5.74) is 1.19. The van der Waals surface area contributed by atoms with Crippen LogP contribution in [-0.4, -0.2) is 23.0 Å². The topological polar surface area (TPSA) is 86.5 Å². The third-order valence-electron chi connectivity index (χ3n) is 3.66. The minimum Gasteiger partial charge on any atom is -0.497 e. The molecule has 0 spiro atoms. The second-order valence-corrected chi connectivity index (χ2v) is 6.81. The van der Waals surface area contributed by atoms with Crippen LogP contribution in [0.2, 0.25) is 0 Å². The van der Waals surface area contributed by atoms with E-state index in [2.05, 4.69) is 15.3 Å². The lowest BCUT2D eigenvalue weighted by atomic mass is 10.3. The maximum Gasteiger partial charge on any atom is 0.273 e. The summed E-state index contributed by atoms with van der Waals surface area (Å²) in [5, 5.41) is 3.65. The minimum atomic E-state index is -0.313. The number of oxazole rings is 1. The van der Waals surface area contributed by atoms with E-state index >= 15 is 0 Å². The molecule has 136 valence electrons. The van der Waals surface area contributed by atoms with Gasteiger partial charge in [-0.2, -0.15) is 0 Å². The molecule has 0 aliphatic rings. The van der Waals surface area contributed by atoms with E-state index in [1.165, 1.54) is 6.26 Å². The van der Waals surface area contributed by atoms with Crippen molar-refractivity contribution in [2.75, 3.05) is 7.11 Å². The third kappa shape index (κ3) is 4.40. The first-order valence-corrected chi connectivity index (χ1v) is 8.79. The number of methoxy groups -OCH3 is 1. The third-order valence-corrected chi connectivity index (χ3v) is 4.73. The summed E-state index contributed by atoms with van der Waals surface area (Å²) >= 11 is 1.57. The molecule has 0 radical (unpaired) electrons. The van der Waals surface area contributed by atoms with Gasteiger partial charge in [0.25, 0.3) is 5.91 Å². The molecule has 0 atom stereocenters. The van der Waals surface area contributed by atoms with E-state index in [1.807, 2.05) is 26.0 Å². The van der Waals surface area contributed by atoms with Crippen molar-refractivity contribution < 1.29 is 18.7 Å². The molecule has 7 nitrogen and oxygen atoms in total. The number of aromatic nitrogens is 2. The van der Waals surface area contributed by atoms with Gasteiger partial charge in [0.2, 0.25) is 5.89 Å². The number of nitrogens with zero attached hydrogens (tertiary/aromatic N) is 2. The van der Waals surface area contributed by atoms with Crippen LogP contribution in [0, 0.1) is 13.8 Å². The summed E-state index contributed by atoms with van der Waals surface area (Å²) in [7, 11) is 1.59. The fourth-order valence-electron chi connectivity index (χ4n) is 2.18. The zero-order valence-corrected chi connectivity index (χ0v) is 15.6. The van der Waals surface area contributed by atoms with Crippen LogP contribution in [0.4, 0.5) is 0 Å². The summed E-state index contributed by atoms with van der Waals surface area (Å²) in [6.45, 7) is 4.43. The Balaban J connectivity index is 1.54. The number of carbonyl (C=O) groups excluding carboxylic acids is 1. The highest BCUT2D eigenvalue weighted by Gasteiger charge is 2.13. The van der Waals surface area contributed by atoms with Crippen molar-refractivity contribution in [1.29, 1.82) is 0 Å². The average Bonchev–Trinajstić information content (AvgIpc) is 3.25. The van der Waals surface area contributed by atoms with E-state index in [4.69, 9.17) is 13.9 Å². The number of ether oxygens (including phenoxy) is 2. The van der Waals surface area contributed by atoms with Crippen molar-refractivity contribution in [2.45, 2.75) is 27.0 Å². The van der Waals surface area contributed by atoms with Gasteiger partial charge in [-0.05, 0) is 26.0 Å². The molecule has 26 heavy (non-hydrogen) atoms. The molecule has 0 unspecified atom stereocenters. The van der Waals surface area contributed by atoms with Crippen molar-refractivity contribution in [1.82, 2.24) is 15.3 Å². The SMILES string of the molecule is COc1cccc(OCc2nc(C(=O)NCc3nc(C)c(C)s3)co2)c1. The molecule has 0 saturated heterocycles. The molecule has 0 aliphatic carbocycles. The van der Waals surface area contributed by atoms with Gasteiger partial charge in [0.1, 0.15) is 22.8 Å². The molecular formula is C18H19N3O4S. The van der Waals surface area contributed by atoms with Gasteiger partial charge in [0.15, 0.2) is 12.3 Å². The molecule has 0 bridgehead atoms. The summed E-state index contributed by atoms with van der Waals surface area (Å²) in [6, 6.07) is 7.21. The van der Waals surface area contributed by atoms with Gasteiger partial charge in [0.05, 0.1) is 19.3 Å². The molecule has 0 fully saturated rings. The highest BCUT2D eigenvalue weighted by Crippen LogP contribution is 2.20. The fraction of sp³-hybridized carbons (Fsp3) is 0.278. The fourth-order valence-corrected chi connectivity index (χ4v) is 3.05. The summed E-state index contributed by atoms with van der Waals surface area (Å²) in [6.07, 6.45) is 1.32. The summed E-state index contributed by atoms with van der Waals surface area (Å²) in [5.74, 6) is 1.33. The number of amides is 1. The van der Waals surface area contributed by atoms with Crippen LogP contribution in [-0.2, 0) is 13.2 Å². The van der Waals surface area contributed by atoms with Crippen LogP contribution in [0.5, 0.6) is 11.5 Å². The first-order chi connectivity index (χ1) is 12.5. The van der Waals surface area contributed by atoms with E-state index in [0.717, 1.165) is 15.6 Å². The van der Waals surface area contributed by atoms with Gasteiger partial charge in [-0.1, -0.05) is 6.07 Å². The maximum atomic E-state index is 12.2. The average molecular weight is 373 g/mol. The zero-order valence-electron chi connectivity index (χ0n) is 14.7. The largest absolute Gasteiger partial charge is 0.497 e. The van der Waals surface area contributed by atoms with E-state index in [1.54, 1.807) is 30.6 Å². The van der Waals surface area contributed by atoms with Crippen molar-refractivity contribution in [3.63, 3.8) is 0 Å². The number of hydrogen-bond acceptors (Lipinski definition) is 7. The molecule has 3 aromatic rings. The molecule has 3 rings (SSSR count). The first kappa shape index (κ1) is 17.9. The van der Waals surface area contributed by atoms with Crippen LogP contribution in [0.3, 0.4) is 0 Å². The number of thiazole rings is 1. The predicted molar refractivity (Wildman–Crippen MR) is 96.6 cm³/mol. The number of carbonyl (C=O) groups is 1. The summed E-state index contributed by atoms with van der Waals surface area (Å²) < 4.78 is 16.0. The Morgan fingerprint density at radius 1 is 1.27 bits per heavy atom. The molecule has 8 heteroatoms. The number of benzene rings is 1. The van der Waals surface area contributed by atoms with E-state index in [9.17, 15) is 4.79 Å². The van der Waals surface area contributed by atoms with E-state index in [0.29, 0.717) is 23.9 Å². The lowest BCUT2D eigenvalue weighted by Crippen LogP contribution is -2.23. The van der Waals surface area contributed by atoms with Crippen molar-refractivity contribution >= 4 is 17.2 Å². The molecule has 0 aliphatic heterocycles. The second-order valence-electron chi connectivity index (χ2n) is 5.53. The highest BCUT2D eigenvalue weighted by molar-refractivity contribution is 7.11. The van der Waals surface area contributed by atoms with E-state index in [-0.39, 0.29) is 18.2 Å². The first-order valence-electron chi connectivity index (χ1n) is 7.97. The standard InChI is InChI=1S/C18H19N3O4S/c1-11-12(2)26-17(20-11)8-19-18(22)15-9-25-16(21-15)10-24-14-6-4-5-13(7-14)23-3/h4-7,9H,8,10H2,1-3H3,(H,19,22). The number of rotatable bonds is 7. The van der Waals surface area contributed by atoms with Gasteiger partial charge < -0.3 is 19.2 Å². The Morgan fingerprint density at radius 3 is 2.81 bits per heavy atom. The molecule has 1 N–H and O–H groups in total. The molecule has 1 amide bonds. The lowest BCUT2D eigenvalue weighted by molar-refractivity contribution is 0.0945. The van der Waals surface area contributed by atoms with Gasteiger partial charge in [-0.15, -0.1) is 11.3 Å². The molecular weight excluding hydrogens is 354 g/mol. The molecule has 2 aromatic heterocycles. The Labute approximate surface area is 155 Å². The maximum absolute atomic E-state index is 12.2. The van der Waals surface area contributed by atoms with Crippen LogP contribution in [0.25, 0.3) is 0 Å². The Hall–Kier alpha value is -2.87. The monoisotopic (exact) mass is 373 g/mol. The van der Waals surface area contributed by atoms with Crippen LogP contribution in [0.15, 0.2) is 34.9 Å². The quantitative estimate of drug-likeness (QED) is 0.684. The Bertz CT molecular complexity index is 884. The van der Waals surface area contributed by atoms with Crippen LogP contribution >= 0.6 is 11.3 Å².